The zero-order chi connectivity index (χ0) is 15.1. The third-order valence-corrected chi connectivity index (χ3v) is 3.75. The molecule has 1 aromatic rings. The normalized spacial score (nSPS) is 27.8. The van der Waals surface area contributed by atoms with Gasteiger partial charge in [0, 0.05) is 6.92 Å². The van der Waals surface area contributed by atoms with E-state index in [4.69, 9.17) is 4.74 Å². The predicted molar refractivity (Wildman–Crippen MR) is 63.1 cm³/mol. The molecule has 1 fully saturated rings. The van der Waals surface area contributed by atoms with Gasteiger partial charge in [-0.1, -0.05) is 5.10 Å². The van der Waals surface area contributed by atoms with Gasteiger partial charge in [-0.15, -0.1) is 5.10 Å². The lowest BCUT2D eigenvalue weighted by Crippen LogP contribution is -2.50. The van der Waals surface area contributed by atoms with E-state index < -0.39 is 28.0 Å². The minimum absolute atomic E-state index is 0.115. The van der Waals surface area contributed by atoms with Gasteiger partial charge in [-0.3, -0.25) is 9.44 Å². The van der Waals surface area contributed by atoms with Crippen LogP contribution in [0.25, 0.3) is 0 Å². The Kier molecular flexibility index (Phi) is 3.71. The second kappa shape index (κ2) is 4.91. The number of quaternary nitrogens is 1. The summed E-state index contributed by atoms with van der Waals surface area (Å²) in [6.07, 6.45) is -5.80. The van der Waals surface area contributed by atoms with Crippen molar-refractivity contribution in [3.8, 4) is 0 Å². The smallest absolute Gasteiger partial charge is 0.445 e. The highest BCUT2D eigenvalue weighted by atomic mass is 32.1. The fourth-order valence-corrected chi connectivity index (χ4v) is 2.67. The number of hydroxylamine groups is 2. The van der Waals surface area contributed by atoms with Crippen LogP contribution < -0.4 is 4.65 Å². The Balaban J connectivity index is 2.32. The highest BCUT2D eigenvalue weighted by Crippen LogP contribution is 2.39. The summed E-state index contributed by atoms with van der Waals surface area (Å²) in [4.78, 5) is 12.5. The van der Waals surface area contributed by atoms with Gasteiger partial charge in [0.25, 0.3) is 6.23 Å². The Hall–Kier alpha value is -1.30. The van der Waals surface area contributed by atoms with Crippen molar-refractivity contribution in [2.75, 3.05) is 20.3 Å². The molecule has 112 valence electrons. The average molecular weight is 312 g/mol. The van der Waals surface area contributed by atoms with Crippen LogP contribution >= 0.6 is 11.3 Å². The van der Waals surface area contributed by atoms with E-state index in [1.807, 2.05) is 0 Å². The van der Waals surface area contributed by atoms with E-state index in [1.165, 1.54) is 0 Å². The molecule has 7 nitrogen and oxygen atoms in total. The van der Waals surface area contributed by atoms with Gasteiger partial charge in [-0.05, 0) is 18.4 Å². The number of nitrogens with zero attached hydrogens (tertiary/aromatic N) is 4. The topological polar surface area (TPSA) is 78.4 Å². The molecule has 11 heteroatoms. The molecule has 0 N–H and O–H groups in total. The Morgan fingerprint density at radius 3 is 2.70 bits per heavy atom. The molecule has 1 aliphatic rings. The SMILES string of the molecule is CC(=O)OC1CN(C)C[N+]1([O-])c1nnc(C(F)(F)F)s1. The molecule has 0 aliphatic carbocycles. The molecular weight excluding hydrogens is 301 g/mol. The van der Waals surface area contributed by atoms with E-state index >= 15 is 0 Å². The van der Waals surface area contributed by atoms with Crippen molar-refractivity contribution in [1.29, 1.82) is 0 Å². The molecule has 0 amide bonds. The Morgan fingerprint density at radius 1 is 1.55 bits per heavy atom. The lowest BCUT2D eigenvalue weighted by molar-refractivity contribution is -0.150. The number of carbonyl (C=O) groups excluding carboxylic acids is 1. The molecule has 0 radical (unpaired) electrons. The number of likely N-dealkylation sites (N-methyl/N-ethyl adjacent to an activating group) is 1. The molecule has 1 aromatic heterocycles. The van der Waals surface area contributed by atoms with Crippen LogP contribution in [0.2, 0.25) is 0 Å². The van der Waals surface area contributed by atoms with Crippen molar-refractivity contribution < 1.29 is 22.7 Å². The fourth-order valence-electron chi connectivity index (χ4n) is 1.89. The van der Waals surface area contributed by atoms with Crippen LogP contribution in [0, 0.1) is 5.21 Å². The number of hydrogen-bond donors (Lipinski definition) is 0. The van der Waals surface area contributed by atoms with Gasteiger partial charge in [-0.25, -0.2) is 4.90 Å². The van der Waals surface area contributed by atoms with Crippen molar-refractivity contribution in [1.82, 2.24) is 19.7 Å². The summed E-state index contributed by atoms with van der Waals surface area (Å²) in [5.41, 5.74) is 0. The zero-order valence-corrected chi connectivity index (χ0v) is 11.4. The fraction of sp³-hybridized carbons (Fsp3) is 0.667. The maximum Gasteiger partial charge on any atom is 0.445 e. The van der Waals surface area contributed by atoms with Gasteiger partial charge in [0.1, 0.15) is 6.67 Å². The average Bonchev–Trinajstić information content (AvgIpc) is 2.84. The summed E-state index contributed by atoms with van der Waals surface area (Å²) in [5, 5.41) is 17.4. The molecule has 20 heavy (non-hydrogen) atoms. The van der Waals surface area contributed by atoms with Crippen LogP contribution in [0.4, 0.5) is 18.3 Å². The molecule has 1 saturated heterocycles. The van der Waals surface area contributed by atoms with Gasteiger partial charge < -0.3 is 9.94 Å². The van der Waals surface area contributed by atoms with Crippen molar-refractivity contribution >= 4 is 22.4 Å². The van der Waals surface area contributed by atoms with E-state index in [-0.39, 0.29) is 29.7 Å². The third-order valence-electron chi connectivity index (χ3n) is 2.67. The van der Waals surface area contributed by atoms with Crippen LogP contribution in [0.5, 0.6) is 0 Å². The first-order valence-corrected chi connectivity index (χ1v) is 6.30. The van der Waals surface area contributed by atoms with Crippen LogP contribution in [-0.4, -0.2) is 47.6 Å². The number of esters is 1. The quantitative estimate of drug-likeness (QED) is 0.463. The minimum Gasteiger partial charge on any atom is -0.622 e. The minimum atomic E-state index is -4.66. The number of alkyl halides is 3. The number of aromatic nitrogens is 2. The number of ether oxygens (including phenoxy) is 1. The summed E-state index contributed by atoms with van der Waals surface area (Å²) >= 11 is 0.163. The van der Waals surface area contributed by atoms with Crippen molar-refractivity contribution in [3.05, 3.63) is 10.2 Å². The van der Waals surface area contributed by atoms with Crippen LogP contribution in [0.15, 0.2) is 0 Å². The summed E-state index contributed by atoms with van der Waals surface area (Å²) < 4.78 is 41.1. The molecule has 0 aromatic carbocycles. The number of hydrogen-bond acceptors (Lipinski definition) is 7. The lowest BCUT2D eigenvalue weighted by atomic mass is 10.5. The highest BCUT2D eigenvalue weighted by Gasteiger charge is 2.46. The zero-order valence-electron chi connectivity index (χ0n) is 10.5. The van der Waals surface area contributed by atoms with E-state index in [9.17, 15) is 23.2 Å². The standard InChI is InChI=1S/C9H11F3N4O3S/c1-5(17)19-6-3-15(2)4-16(6,18)8-14-13-7(20-8)9(10,11)12/h6H,3-4H2,1-2H3. The van der Waals surface area contributed by atoms with E-state index in [0.717, 1.165) is 6.92 Å². The Labute approximate surface area is 115 Å². The molecule has 0 saturated carbocycles. The summed E-state index contributed by atoms with van der Waals surface area (Å²) in [6, 6.07) is 0. The third kappa shape index (κ3) is 2.75. The molecule has 2 rings (SSSR count). The summed E-state index contributed by atoms with van der Waals surface area (Å²) in [7, 11) is 1.60. The largest absolute Gasteiger partial charge is 0.622 e. The van der Waals surface area contributed by atoms with E-state index in [2.05, 4.69) is 10.2 Å². The second-order valence-electron chi connectivity index (χ2n) is 4.43. The first kappa shape index (κ1) is 15.1. The van der Waals surface area contributed by atoms with Crippen molar-refractivity contribution in [3.63, 3.8) is 0 Å². The van der Waals surface area contributed by atoms with Gasteiger partial charge >= 0.3 is 17.3 Å². The lowest BCUT2D eigenvalue weighted by Gasteiger charge is -2.37. The van der Waals surface area contributed by atoms with Crippen molar-refractivity contribution in [2.24, 2.45) is 0 Å². The first-order chi connectivity index (χ1) is 9.13. The molecule has 1 aliphatic heterocycles. The maximum absolute atomic E-state index is 12.7. The Bertz CT molecular complexity index is 523. The van der Waals surface area contributed by atoms with Crippen LogP contribution in [-0.2, 0) is 15.7 Å². The number of rotatable bonds is 2. The molecule has 0 spiro atoms. The Morgan fingerprint density at radius 2 is 2.20 bits per heavy atom. The predicted octanol–water partition coefficient (Wildman–Crippen LogP) is 1.15. The molecular formula is C9H11F3N4O3S. The summed E-state index contributed by atoms with van der Waals surface area (Å²) in [6.45, 7) is 1.08. The van der Waals surface area contributed by atoms with Gasteiger partial charge in [0.2, 0.25) is 5.01 Å². The number of carbonyl (C=O) groups is 1. The molecule has 2 unspecified atom stereocenters. The second-order valence-corrected chi connectivity index (χ2v) is 5.38. The monoisotopic (exact) mass is 312 g/mol. The van der Waals surface area contributed by atoms with Gasteiger partial charge in [0.15, 0.2) is 0 Å². The van der Waals surface area contributed by atoms with Crippen LogP contribution in [0.3, 0.4) is 0 Å². The summed E-state index contributed by atoms with van der Waals surface area (Å²) in [5.74, 6) is -0.677. The number of halogens is 3. The van der Waals surface area contributed by atoms with Gasteiger partial charge in [-0.2, -0.15) is 13.2 Å². The maximum atomic E-state index is 12.7. The molecule has 2 heterocycles. The van der Waals surface area contributed by atoms with E-state index in [1.54, 1.807) is 11.9 Å². The van der Waals surface area contributed by atoms with E-state index in [0.29, 0.717) is 0 Å². The molecule has 0 bridgehead atoms. The van der Waals surface area contributed by atoms with Crippen molar-refractivity contribution in [2.45, 2.75) is 19.3 Å². The highest BCUT2D eigenvalue weighted by molar-refractivity contribution is 7.15. The molecule has 2 atom stereocenters. The first-order valence-electron chi connectivity index (χ1n) is 5.48. The van der Waals surface area contributed by atoms with Crippen LogP contribution in [0.1, 0.15) is 11.9 Å². The van der Waals surface area contributed by atoms with Gasteiger partial charge in [0.05, 0.1) is 6.54 Å².